The van der Waals surface area contributed by atoms with Crippen LogP contribution in [0, 0.1) is 0 Å². The van der Waals surface area contributed by atoms with Gasteiger partial charge in [-0.1, -0.05) is 13.3 Å². The number of rotatable bonds is 12. The van der Waals surface area contributed by atoms with Gasteiger partial charge in [-0.3, -0.25) is 4.99 Å². The van der Waals surface area contributed by atoms with E-state index in [1.165, 1.54) is 13.0 Å². The van der Waals surface area contributed by atoms with Gasteiger partial charge >= 0.3 is 0 Å². The van der Waals surface area contributed by atoms with Gasteiger partial charge in [0.1, 0.15) is 11.5 Å². The predicted molar refractivity (Wildman–Crippen MR) is 118 cm³/mol. The van der Waals surface area contributed by atoms with Crippen LogP contribution in [0.3, 0.4) is 0 Å². The number of unbranched alkanes of at least 4 members (excludes halogenated alkanes) is 2. The molecule has 28 heavy (non-hydrogen) atoms. The number of nitrogens with zero attached hydrogens (tertiary/aromatic N) is 2. The van der Waals surface area contributed by atoms with Crippen LogP contribution in [-0.4, -0.2) is 51.6 Å². The minimum atomic E-state index is 0.764. The Balaban J connectivity index is 1.75. The van der Waals surface area contributed by atoms with Gasteiger partial charge in [0.05, 0.1) is 46.6 Å². The number of hydrogen-bond acceptors (Lipinski definition) is 3. The maximum absolute atomic E-state index is 5.83. The van der Waals surface area contributed by atoms with E-state index in [0.29, 0.717) is 0 Å². The van der Waals surface area contributed by atoms with E-state index >= 15 is 0 Å². The number of quaternary nitrogens is 1. The molecule has 0 heterocycles. The first-order valence-electron chi connectivity index (χ1n) is 10.3. The van der Waals surface area contributed by atoms with Crippen molar-refractivity contribution in [3.63, 3.8) is 0 Å². The third-order valence-electron chi connectivity index (χ3n) is 4.34. The van der Waals surface area contributed by atoms with Crippen molar-refractivity contribution in [2.45, 2.75) is 32.6 Å². The molecular weight excluding hydrogens is 348 g/mol. The Morgan fingerprint density at radius 3 is 1.93 bits per heavy atom. The summed E-state index contributed by atoms with van der Waals surface area (Å²) in [5, 5.41) is 0. The number of ether oxygens (including phenoxy) is 2. The summed E-state index contributed by atoms with van der Waals surface area (Å²) in [6, 6.07) is 16.0. The van der Waals surface area contributed by atoms with Crippen LogP contribution in [0.15, 0.2) is 53.5 Å². The molecule has 4 nitrogen and oxygen atoms in total. The van der Waals surface area contributed by atoms with Crippen LogP contribution in [0.1, 0.15) is 38.2 Å². The summed E-state index contributed by atoms with van der Waals surface area (Å²) >= 11 is 0. The fourth-order valence-electron chi connectivity index (χ4n) is 2.64. The highest BCUT2D eigenvalue weighted by Crippen LogP contribution is 2.19. The Labute approximate surface area is 170 Å². The van der Waals surface area contributed by atoms with Crippen LogP contribution >= 0.6 is 0 Å². The largest absolute Gasteiger partial charge is 0.494 e. The molecular formula is C24H35N2O2+. The second-order valence-electron chi connectivity index (χ2n) is 8.09. The molecule has 0 radical (unpaired) electrons. The second-order valence-corrected chi connectivity index (χ2v) is 8.09. The molecule has 0 aromatic heterocycles. The van der Waals surface area contributed by atoms with Gasteiger partial charge in [-0.25, -0.2) is 0 Å². The average molecular weight is 384 g/mol. The lowest BCUT2D eigenvalue weighted by Crippen LogP contribution is -2.35. The van der Waals surface area contributed by atoms with Crippen molar-refractivity contribution in [2.75, 3.05) is 40.9 Å². The molecule has 0 N–H and O–H groups in total. The van der Waals surface area contributed by atoms with Gasteiger partial charge in [0.2, 0.25) is 0 Å². The first kappa shape index (κ1) is 22.0. The fraction of sp³-hybridized carbons (Fsp3) is 0.458. The third-order valence-corrected chi connectivity index (χ3v) is 4.34. The van der Waals surface area contributed by atoms with E-state index in [2.05, 4.69) is 33.1 Å². The van der Waals surface area contributed by atoms with E-state index in [0.717, 1.165) is 59.7 Å². The second kappa shape index (κ2) is 11.5. The number of aliphatic imine (C=N–C) groups is 1. The van der Waals surface area contributed by atoms with E-state index in [-0.39, 0.29) is 0 Å². The molecule has 0 amide bonds. The molecule has 0 aliphatic heterocycles. The highest BCUT2D eigenvalue weighted by molar-refractivity contribution is 5.82. The zero-order valence-electron chi connectivity index (χ0n) is 17.9. The number of benzene rings is 2. The molecule has 2 rings (SSSR count). The molecule has 0 atom stereocenters. The zero-order valence-corrected chi connectivity index (χ0v) is 17.9. The van der Waals surface area contributed by atoms with Gasteiger partial charge in [-0.2, -0.15) is 0 Å². The first-order chi connectivity index (χ1) is 13.5. The van der Waals surface area contributed by atoms with Crippen LogP contribution in [0.5, 0.6) is 11.5 Å². The smallest absolute Gasteiger partial charge is 0.119 e. The summed E-state index contributed by atoms with van der Waals surface area (Å²) in [5.74, 6) is 1.81. The van der Waals surface area contributed by atoms with Crippen molar-refractivity contribution in [2.24, 2.45) is 4.99 Å². The molecule has 152 valence electrons. The summed E-state index contributed by atoms with van der Waals surface area (Å²) in [7, 11) is 6.66. The molecule has 0 saturated heterocycles. The Kier molecular flexibility index (Phi) is 9.02. The quantitative estimate of drug-likeness (QED) is 0.276. The van der Waals surface area contributed by atoms with Crippen molar-refractivity contribution in [1.29, 1.82) is 0 Å². The van der Waals surface area contributed by atoms with Gasteiger partial charge in [0.15, 0.2) is 0 Å². The lowest BCUT2D eigenvalue weighted by atomic mass is 10.2. The van der Waals surface area contributed by atoms with Crippen LogP contribution in [-0.2, 0) is 0 Å². The molecule has 0 bridgehead atoms. The van der Waals surface area contributed by atoms with Crippen LogP contribution in [0.2, 0.25) is 0 Å². The van der Waals surface area contributed by atoms with E-state index in [1.54, 1.807) is 0 Å². The van der Waals surface area contributed by atoms with Crippen molar-refractivity contribution in [3.05, 3.63) is 54.1 Å². The molecule has 2 aromatic rings. The Hall–Kier alpha value is -2.33. The van der Waals surface area contributed by atoms with Crippen LogP contribution < -0.4 is 9.47 Å². The highest BCUT2D eigenvalue weighted by Gasteiger charge is 2.05. The van der Waals surface area contributed by atoms with Crippen molar-refractivity contribution >= 4 is 11.9 Å². The molecule has 0 fully saturated rings. The highest BCUT2D eigenvalue weighted by atomic mass is 16.5. The summed E-state index contributed by atoms with van der Waals surface area (Å²) in [4.78, 5) is 4.53. The third kappa shape index (κ3) is 9.05. The summed E-state index contributed by atoms with van der Waals surface area (Å²) in [6.07, 6.45) is 6.35. The molecule has 0 saturated carbocycles. The summed E-state index contributed by atoms with van der Waals surface area (Å²) in [5.41, 5.74) is 1.97. The molecule has 0 aliphatic carbocycles. The fourth-order valence-corrected chi connectivity index (χ4v) is 2.64. The lowest BCUT2D eigenvalue weighted by Gasteiger charge is -2.23. The van der Waals surface area contributed by atoms with Crippen LogP contribution in [0.4, 0.5) is 5.69 Å². The average Bonchev–Trinajstić information content (AvgIpc) is 2.67. The normalized spacial score (nSPS) is 11.7. The summed E-state index contributed by atoms with van der Waals surface area (Å²) < 4.78 is 12.5. The van der Waals surface area contributed by atoms with Crippen LogP contribution in [0.25, 0.3) is 0 Å². The molecule has 2 aromatic carbocycles. The number of hydrogen-bond donors (Lipinski definition) is 0. The zero-order chi connectivity index (χ0) is 20.2. The minimum Gasteiger partial charge on any atom is -0.494 e. The molecule has 0 aliphatic rings. The Bertz CT molecular complexity index is 701. The minimum absolute atomic E-state index is 0.764. The Morgan fingerprint density at radius 1 is 0.786 bits per heavy atom. The van der Waals surface area contributed by atoms with Gasteiger partial charge in [-0.05, 0) is 73.4 Å². The van der Waals surface area contributed by atoms with Gasteiger partial charge in [-0.15, -0.1) is 0 Å². The van der Waals surface area contributed by atoms with Gasteiger partial charge in [0, 0.05) is 6.21 Å². The van der Waals surface area contributed by atoms with Crippen molar-refractivity contribution < 1.29 is 14.0 Å². The standard InChI is InChI=1S/C24H35N2O2/c1-5-6-18-27-24-15-11-22(12-16-24)25-20-21-9-13-23(14-10-21)28-19-8-7-17-26(2,3)4/h9-16,20H,5-8,17-19H2,1-4H3/q+1. The molecule has 0 unspecified atom stereocenters. The topological polar surface area (TPSA) is 30.8 Å². The van der Waals surface area contributed by atoms with Crippen molar-refractivity contribution in [3.8, 4) is 11.5 Å². The predicted octanol–water partition coefficient (Wildman–Crippen LogP) is 5.48. The van der Waals surface area contributed by atoms with E-state index < -0.39 is 0 Å². The van der Waals surface area contributed by atoms with Crippen molar-refractivity contribution in [1.82, 2.24) is 0 Å². The van der Waals surface area contributed by atoms with Gasteiger partial charge in [0.25, 0.3) is 0 Å². The first-order valence-corrected chi connectivity index (χ1v) is 10.3. The lowest BCUT2D eigenvalue weighted by molar-refractivity contribution is -0.870. The SMILES string of the molecule is CCCCOc1ccc(N=Cc2ccc(OCCCC[N+](C)(C)C)cc2)cc1. The molecule has 0 spiro atoms. The monoisotopic (exact) mass is 383 g/mol. The van der Waals surface area contributed by atoms with E-state index in [4.69, 9.17) is 9.47 Å². The van der Waals surface area contributed by atoms with E-state index in [9.17, 15) is 0 Å². The maximum Gasteiger partial charge on any atom is 0.119 e. The van der Waals surface area contributed by atoms with E-state index in [1.807, 2.05) is 54.7 Å². The maximum atomic E-state index is 5.83. The van der Waals surface area contributed by atoms with Gasteiger partial charge < -0.3 is 14.0 Å². The molecule has 4 heteroatoms. The Morgan fingerprint density at radius 2 is 1.36 bits per heavy atom. The summed E-state index contributed by atoms with van der Waals surface area (Å²) in [6.45, 7) is 4.86.